The van der Waals surface area contributed by atoms with Gasteiger partial charge in [-0.1, -0.05) is 24.3 Å². The molecule has 182 valence electrons. The van der Waals surface area contributed by atoms with Crippen molar-refractivity contribution in [3.63, 3.8) is 0 Å². The Bertz CT molecular complexity index is 1170. The number of aromatic hydroxyl groups is 1. The summed E-state index contributed by atoms with van der Waals surface area (Å²) in [6, 6.07) is 14.6. The first kappa shape index (κ1) is 23.3. The standard InChI is InChI=1S/C29H31NO5/c1-17-26(29(33)35-23-5-3-4-6-23)27(19-7-11-21(31)12-8-19)28-24(30-17)15-20(16-25(28)32)18-9-13-22(34-2)14-10-18/h7-14,20,23,26-27,31H,3-6,15-16H2,1-2H3/t20-,26?,27+/m0/s1. The molecule has 1 heterocycles. The number of hydrogen-bond acceptors (Lipinski definition) is 6. The molecule has 1 saturated carbocycles. The van der Waals surface area contributed by atoms with Crippen molar-refractivity contribution < 1.29 is 24.2 Å². The van der Waals surface area contributed by atoms with Crippen LogP contribution in [0, 0.1) is 5.92 Å². The first-order chi connectivity index (χ1) is 16.9. The van der Waals surface area contributed by atoms with E-state index in [0.717, 1.165) is 48.3 Å². The van der Waals surface area contributed by atoms with Crippen LogP contribution in [0.3, 0.4) is 0 Å². The first-order valence-corrected chi connectivity index (χ1v) is 12.4. The summed E-state index contributed by atoms with van der Waals surface area (Å²) >= 11 is 0. The van der Waals surface area contributed by atoms with E-state index in [1.165, 1.54) is 0 Å². The first-order valence-electron chi connectivity index (χ1n) is 12.4. The molecule has 1 unspecified atom stereocenters. The molecule has 2 aromatic carbocycles. The SMILES string of the molecule is COc1ccc([C@@H]2CC(=O)C3=C(C2)N=C(C)C(C(=O)OC2CCCC2)[C@H]3c2ccc(O)cc2)cc1. The lowest BCUT2D eigenvalue weighted by Crippen LogP contribution is -2.39. The maximum absolute atomic E-state index is 13.7. The van der Waals surface area contributed by atoms with E-state index in [1.807, 2.05) is 31.2 Å². The zero-order valence-electron chi connectivity index (χ0n) is 20.2. The molecule has 2 aliphatic carbocycles. The van der Waals surface area contributed by atoms with Crippen LogP contribution in [0.5, 0.6) is 11.5 Å². The minimum atomic E-state index is -0.652. The van der Waals surface area contributed by atoms with Crippen LogP contribution in [-0.4, -0.2) is 35.8 Å². The second kappa shape index (κ2) is 9.68. The van der Waals surface area contributed by atoms with Crippen LogP contribution in [0.4, 0.5) is 0 Å². The third-order valence-corrected chi connectivity index (χ3v) is 7.57. The molecular formula is C29H31NO5. The van der Waals surface area contributed by atoms with E-state index in [9.17, 15) is 14.7 Å². The molecule has 6 heteroatoms. The van der Waals surface area contributed by atoms with Gasteiger partial charge in [0.25, 0.3) is 0 Å². The van der Waals surface area contributed by atoms with Crippen molar-refractivity contribution in [2.45, 2.75) is 63.4 Å². The molecule has 5 rings (SSSR count). The Balaban J connectivity index is 1.51. The number of Topliss-reactive ketones (excluding diaryl/α,β-unsaturated/α-hetero) is 1. The summed E-state index contributed by atoms with van der Waals surface area (Å²) in [6.07, 6.45) is 4.83. The van der Waals surface area contributed by atoms with Gasteiger partial charge in [-0.25, -0.2) is 0 Å². The minimum absolute atomic E-state index is 0.0139. The average molecular weight is 474 g/mol. The highest BCUT2D eigenvalue weighted by Gasteiger charge is 2.45. The van der Waals surface area contributed by atoms with Crippen LogP contribution in [-0.2, 0) is 14.3 Å². The lowest BCUT2D eigenvalue weighted by Gasteiger charge is -2.37. The smallest absolute Gasteiger partial charge is 0.315 e. The van der Waals surface area contributed by atoms with Crippen LogP contribution in [0.1, 0.15) is 68.4 Å². The molecular weight excluding hydrogens is 442 g/mol. The van der Waals surface area contributed by atoms with Gasteiger partial charge in [-0.15, -0.1) is 0 Å². The predicted molar refractivity (Wildman–Crippen MR) is 133 cm³/mol. The second-order valence-corrected chi connectivity index (χ2v) is 9.81. The predicted octanol–water partition coefficient (Wildman–Crippen LogP) is 5.46. The van der Waals surface area contributed by atoms with Crippen LogP contribution >= 0.6 is 0 Å². The third-order valence-electron chi connectivity index (χ3n) is 7.57. The number of rotatable bonds is 5. The fourth-order valence-corrected chi connectivity index (χ4v) is 5.76. The number of esters is 1. The molecule has 0 bridgehead atoms. The van der Waals surface area contributed by atoms with Gasteiger partial charge in [0.15, 0.2) is 5.78 Å². The molecule has 0 saturated heterocycles. The molecule has 35 heavy (non-hydrogen) atoms. The Kier molecular flexibility index (Phi) is 6.46. The number of phenols is 1. The van der Waals surface area contributed by atoms with Crippen molar-refractivity contribution in [2.75, 3.05) is 7.11 Å². The fourth-order valence-electron chi connectivity index (χ4n) is 5.76. The lowest BCUT2D eigenvalue weighted by molar-refractivity contribution is -0.151. The van der Waals surface area contributed by atoms with Crippen LogP contribution in [0.25, 0.3) is 0 Å². The highest BCUT2D eigenvalue weighted by Crippen LogP contribution is 2.47. The fraction of sp³-hybridized carbons (Fsp3) is 0.414. The summed E-state index contributed by atoms with van der Waals surface area (Å²) in [7, 11) is 1.63. The number of allylic oxidation sites excluding steroid dienone is 2. The van der Waals surface area contributed by atoms with Crippen molar-refractivity contribution in [1.82, 2.24) is 0 Å². The second-order valence-electron chi connectivity index (χ2n) is 9.81. The summed E-state index contributed by atoms with van der Waals surface area (Å²) in [5.41, 5.74) is 3.92. The van der Waals surface area contributed by atoms with Crippen molar-refractivity contribution in [1.29, 1.82) is 0 Å². The Hall–Kier alpha value is -3.41. The molecule has 0 radical (unpaired) electrons. The molecule has 1 fully saturated rings. The Morgan fingerprint density at radius 1 is 0.971 bits per heavy atom. The van der Waals surface area contributed by atoms with Crippen molar-refractivity contribution in [2.24, 2.45) is 10.9 Å². The van der Waals surface area contributed by atoms with E-state index in [2.05, 4.69) is 0 Å². The van der Waals surface area contributed by atoms with Crippen LogP contribution in [0.15, 0.2) is 64.8 Å². The largest absolute Gasteiger partial charge is 0.508 e. The number of hydrogen-bond donors (Lipinski definition) is 1. The highest BCUT2D eigenvalue weighted by molar-refractivity contribution is 6.09. The molecule has 0 spiro atoms. The van der Waals surface area contributed by atoms with Crippen LogP contribution in [0.2, 0.25) is 0 Å². The summed E-state index contributed by atoms with van der Waals surface area (Å²) in [4.78, 5) is 31.9. The summed E-state index contributed by atoms with van der Waals surface area (Å²) in [5, 5.41) is 9.85. The van der Waals surface area contributed by atoms with Gasteiger partial charge in [-0.05, 0) is 80.3 Å². The number of methoxy groups -OCH3 is 1. The Morgan fingerprint density at radius 3 is 2.29 bits per heavy atom. The third kappa shape index (κ3) is 4.62. The van der Waals surface area contributed by atoms with Gasteiger partial charge in [0, 0.05) is 29.3 Å². The van der Waals surface area contributed by atoms with Crippen molar-refractivity contribution in [3.05, 3.63) is 70.9 Å². The highest BCUT2D eigenvalue weighted by atomic mass is 16.5. The van der Waals surface area contributed by atoms with E-state index < -0.39 is 11.8 Å². The molecule has 0 aromatic heterocycles. The zero-order valence-corrected chi connectivity index (χ0v) is 20.2. The minimum Gasteiger partial charge on any atom is -0.508 e. The summed E-state index contributed by atoms with van der Waals surface area (Å²) < 4.78 is 11.2. The normalized spacial score (nSPS) is 24.7. The van der Waals surface area contributed by atoms with Gasteiger partial charge < -0.3 is 14.6 Å². The quantitative estimate of drug-likeness (QED) is 0.583. The van der Waals surface area contributed by atoms with E-state index >= 15 is 0 Å². The number of benzene rings is 2. The maximum atomic E-state index is 13.7. The molecule has 1 aliphatic heterocycles. The molecule has 1 N–H and O–H groups in total. The Labute approximate surface area is 205 Å². The molecule has 0 amide bonds. The number of aliphatic imine (C=N–C) groups is 1. The van der Waals surface area contributed by atoms with Gasteiger partial charge >= 0.3 is 5.97 Å². The van der Waals surface area contributed by atoms with Gasteiger partial charge in [-0.2, -0.15) is 0 Å². The van der Waals surface area contributed by atoms with Gasteiger partial charge in [-0.3, -0.25) is 14.6 Å². The van der Waals surface area contributed by atoms with E-state index in [0.29, 0.717) is 24.1 Å². The summed E-state index contributed by atoms with van der Waals surface area (Å²) in [5.74, 6) is -0.483. The number of carbonyl (C=O) groups excluding carboxylic acids is 2. The van der Waals surface area contributed by atoms with Crippen molar-refractivity contribution >= 4 is 17.5 Å². The van der Waals surface area contributed by atoms with E-state index in [1.54, 1.807) is 31.4 Å². The van der Waals surface area contributed by atoms with Gasteiger partial charge in [0.2, 0.25) is 0 Å². The zero-order chi connectivity index (χ0) is 24.5. The van der Waals surface area contributed by atoms with Crippen molar-refractivity contribution in [3.8, 4) is 11.5 Å². The average Bonchev–Trinajstić information content (AvgIpc) is 3.36. The number of phenolic OH excluding ortho intramolecular Hbond substituents is 1. The van der Waals surface area contributed by atoms with E-state index in [-0.39, 0.29) is 29.5 Å². The summed E-state index contributed by atoms with van der Waals surface area (Å²) in [6.45, 7) is 1.86. The number of nitrogens with zero attached hydrogens (tertiary/aromatic N) is 1. The maximum Gasteiger partial charge on any atom is 0.315 e. The molecule has 2 aromatic rings. The number of ether oxygens (including phenoxy) is 2. The van der Waals surface area contributed by atoms with Gasteiger partial charge in [0.1, 0.15) is 23.5 Å². The Morgan fingerprint density at radius 2 is 1.63 bits per heavy atom. The van der Waals surface area contributed by atoms with Crippen LogP contribution < -0.4 is 4.74 Å². The van der Waals surface area contributed by atoms with E-state index in [4.69, 9.17) is 14.5 Å². The number of ketones is 1. The molecule has 3 aliphatic rings. The monoisotopic (exact) mass is 473 g/mol. The lowest BCUT2D eigenvalue weighted by atomic mass is 9.69. The number of carbonyl (C=O) groups is 2. The molecule has 3 atom stereocenters. The topological polar surface area (TPSA) is 85.2 Å². The van der Waals surface area contributed by atoms with Gasteiger partial charge in [0.05, 0.1) is 7.11 Å². The molecule has 6 nitrogen and oxygen atoms in total.